The number of benzene rings is 2. The molecular weight excluding hydrogens is 821 g/mol. The molecule has 6 heteroatoms. The summed E-state index contributed by atoms with van der Waals surface area (Å²) >= 11 is 0. The average molecular weight is 880 g/mol. The van der Waals surface area contributed by atoms with Crippen LogP contribution < -0.4 is 4.57 Å². The Morgan fingerprint density at radius 1 is 0.923 bits per heavy atom. The van der Waals surface area contributed by atoms with E-state index >= 15 is 0 Å². The number of aliphatic hydroxyl groups excluding tert-OH is 1. The Labute approximate surface area is 326 Å². The van der Waals surface area contributed by atoms with Gasteiger partial charge in [-0.3, -0.25) is 4.79 Å². The maximum absolute atomic E-state index is 12.2. The first-order valence-corrected chi connectivity index (χ1v) is 18.7. The van der Waals surface area contributed by atoms with E-state index in [9.17, 15) is 9.90 Å². The number of aromatic nitrogens is 2. The van der Waals surface area contributed by atoms with Crippen LogP contribution >= 0.6 is 0 Å². The van der Waals surface area contributed by atoms with E-state index in [2.05, 4.69) is 96.3 Å². The monoisotopic (exact) mass is 880 g/mol. The van der Waals surface area contributed by atoms with E-state index in [1.165, 1.54) is 17.0 Å². The van der Waals surface area contributed by atoms with Crippen molar-refractivity contribution in [1.29, 1.82) is 0 Å². The number of carbonyl (C=O) groups excluding carboxylic acids is 1. The third kappa shape index (κ3) is 9.62. The number of hydrogen-bond acceptors (Lipinski definition) is 4. The summed E-state index contributed by atoms with van der Waals surface area (Å²) in [7, 11) is 4.25. The number of allylic oxidation sites excluding steroid dienone is 2. The van der Waals surface area contributed by atoms with Crippen molar-refractivity contribution in [2.45, 2.75) is 114 Å². The Kier molecular flexibility index (Phi) is 14.3. The van der Waals surface area contributed by atoms with Crippen LogP contribution in [0.2, 0.25) is 0 Å². The van der Waals surface area contributed by atoms with Crippen molar-refractivity contribution >= 4 is 27.7 Å². The molecular formula is C46H59IrN2O3-. The van der Waals surface area contributed by atoms with Gasteiger partial charge in [-0.25, -0.2) is 4.98 Å². The fourth-order valence-electron chi connectivity index (χ4n) is 6.23. The zero-order valence-electron chi connectivity index (χ0n) is 33.2. The van der Waals surface area contributed by atoms with Gasteiger partial charge in [0.05, 0.1) is 11.9 Å². The fraction of sp³-hybridized carbons (Fsp3) is 0.435. The van der Waals surface area contributed by atoms with Gasteiger partial charge in [-0.05, 0) is 66.8 Å². The Morgan fingerprint density at radius 3 is 2.15 bits per heavy atom. The van der Waals surface area contributed by atoms with Gasteiger partial charge < -0.3 is 14.1 Å². The number of ketones is 1. The Bertz CT molecular complexity index is 2010. The summed E-state index contributed by atoms with van der Waals surface area (Å²) in [4.78, 5) is 17.1. The van der Waals surface area contributed by atoms with Gasteiger partial charge in [-0.15, -0.1) is 29.1 Å². The molecule has 3 heterocycles. The third-order valence-electron chi connectivity index (χ3n) is 10.8. The van der Waals surface area contributed by atoms with Crippen molar-refractivity contribution < 1.29 is 39.0 Å². The molecule has 5 aromatic rings. The van der Waals surface area contributed by atoms with Crippen LogP contribution in [0.4, 0.5) is 0 Å². The van der Waals surface area contributed by atoms with E-state index in [-0.39, 0.29) is 47.9 Å². The van der Waals surface area contributed by atoms with Gasteiger partial charge in [-0.1, -0.05) is 105 Å². The van der Waals surface area contributed by atoms with Gasteiger partial charge in [0.1, 0.15) is 22.7 Å². The van der Waals surface area contributed by atoms with Crippen LogP contribution in [0.1, 0.15) is 113 Å². The molecule has 0 aliphatic rings. The second-order valence-electron chi connectivity index (χ2n) is 16.0. The molecule has 0 aliphatic carbocycles. The van der Waals surface area contributed by atoms with Gasteiger partial charge in [0.15, 0.2) is 11.4 Å². The van der Waals surface area contributed by atoms with Crippen LogP contribution in [0.5, 0.6) is 0 Å². The summed E-state index contributed by atoms with van der Waals surface area (Å²) in [5.41, 5.74) is 6.44. The molecule has 0 saturated carbocycles. The number of fused-ring (bicyclic) bond motifs is 2. The topological polar surface area (TPSA) is 67.2 Å². The maximum atomic E-state index is 12.2. The van der Waals surface area contributed by atoms with E-state index in [1.54, 1.807) is 0 Å². The van der Waals surface area contributed by atoms with Crippen molar-refractivity contribution in [3.63, 3.8) is 0 Å². The number of aliphatic hydroxyl groups is 1. The first kappa shape index (κ1) is 42.7. The van der Waals surface area contributed by atoms with Crippen LogP contribution in [0.25, 0.3) is 44.4 Å². The predicted octanol–water partition coefficient (Wildman–Crippen LogP) is 12.2. The standard InChI is InChI=1S/C31H31N2O.C15H28O2.Ir/c1-20(2)15-24-19-28-30(34-24)12-11-27(32-28)22-13-14-33(6)29(18-22)23-16-21-9-7-8-10-25(21)26(17-23)31(3,4)5;1-7-14(5,8-2)12(16)11-13(17)15(6,9-3)10-4;/h7-14,17-20H,6,15H2,1-5H3;11,16H,7-10H2,1-6H3;/q-1;;/b;12-11-;. The molecule has 0 aliphatic heterocycles. The average Bonchev–Trinajstić information content (AvgIpc) is 3.51. The smallest absolute Gasteiger partial charge is 0.164 e. The van der Waals surface area contributed by atoms with Gasteiger partial charge in [0, 0.05) is 56.5 Å². The molecule has 1 N–H and O–H groups in total. The van der Waals surface area contributed by atoms with Crippen molar-refractivity contribution in [2.24, 2.45) is 16.7 Å². The molecule has 0 amide bonds. The quantitative estimate of drug-likeness (QED) is 0.0621. The summed E-state index contributed by atoms with van der Waals surface area (Å²) in [6.45, 7) is 23.2. The molecule has 281 valence electrons. The molecule has 0 atom stereocenters. The molecule has 0 bridgehead atoms. The zero-order valence-corrected chi connectivity index (χ0v) is 35.6. The van der Waals surface area contributed by atoms with Crippen LogP contribution in [0, 0.1) is 29.9 Å². The molecule has 1 radical (unpaired) electrons. The van der Waals surface area contributed by atoms with Crippen LogP contribution in [0.15, 0.2) is 83.1 Å². The number of hydrogen-bond donors (Lipinski definition) is 1. The number of rotatable bonds is 11. The summed E-state index contributed by atoms with van der Waals surface area (Å²) < 4.78 is 7.90. The van der Waals surface area contributed by atoms with Crippen LogP contribution in [-0.4, -0.2) is 15.9 Å². The first-order valence-electron chi connectivity index (χ1n) is 18.7. The Balaban J connectivity index is 0.000000347. The molecule has 52 heavy (non-hydrogen) atoms. The Hall–Kier alpha value is -3.73. The summed E-state index contributed by atoms with van der Waals surface area (Å²) in [5, 5.41) is 12.5. The SMILES string of the molecule is CCC(C)(CC)C(=O)/C=C(\O)C(C)(CC)CC.[CH2-][n+]1ccc(-c2ccc3oc(CC(C)C)cc3n2)cc1-c1[c-]c2ccccc2c(C(C)(C)C)c1.[Ir]. The first-order chi connectivity index (χ1) is 24.0. The molecule has 0 spiro atoms. The summed E-state index contributed by atoms with van der Waals surface area (Å²) in [6.07, 6.45) is 7.66. The number of carbonyl (C=O) groups is 1. The van der Waals surface area contributed by atoms with Gasteiger partial charge in [0.25, 0.3) is 0 Å². The van der Waals surface area contributed by atoms with E-state index in [1.807, 2.05) is 64.4 Å². The molecule has 5 rings (SSSR count). The molecule has 2 aromatic carbocycles. The predicted molar refractivity (Wildman–Crippen MR) is 213 cm³/mol. The number of pyridine rings is 2. The largest absolute Gasteiger partial charge is 0.512 e. The second kappa shape index (κ2) is 17.4. The molecule has 0 saturated heterocycles. The maximum Gasteiger partial charge on any atom is 0.164 e. The zero-order chi connectivity index (χ0) is 37.7. The normalized spacial score (nSPS) is 12.5. The number of furan rings is 1. The van der Waals surface area contributed by atoms with Gasteiger partial charge >= 0.3 is 0 Å². The van der Waals surface area contributed by atoms with Crippen molar-refractivity contribution in [2.75, 3.05) is 0 Å². The van der Waals surface area contributed by atoms with E-state index in [4.69, 9.17) is 9.40 Å². The van der Waals surface area contributed by atoms with Gasteiger partial charge in [0.2, 0.25) is 0 Å². The van der Waals surface area contributed by atoms with E-state index in [0.717, 1.165) is 76.9 Å². The van der Waals surface area contributed by atoms with E-state index in [0.29, 0.717) is 5.92 Å². The molecule has 0 fully saturated rings. The minimum absolute atomic E-state index is 0. The molecule has 3 aromatic heterocycles. The van der Waals surface area contributed by atoms with Crippen LogP contribution in [0.3, 0.4) is 0 Å². The van der Waals surface area contributed by atoms with Crippen molar-refractivity contribution in [3.05, 3.63) is 103 Å². The molecule has 0 unspecified atom stereocenters. The van der Waals surface area contributed by atoms with Crippen LogP contribution in [-0.2, 0) is 36.7 Å². The summed E-state index contributed by atoms with van der Waals surface area (Å²) in [5.74, 6) is 1.81. The second-order valence-corrected chi connectivity index (χ2v) is 16.0. The van der Waals surface area contributed by atoms with Crippen molar-refractivity contribution in [1.82, 2.24) is 4.98 Å². The third-order valence-corrected chi connectivity index (χ3v) is 10.8. The minimum Gasteiger partial charge on any atom is -0.512 e. The number of nitrogens with zero attached hydrogens (tertiary/aromatic N) is 2. The fourth-order valence-corrected chi connectivity index (χ4v) is 6.23. The molecule has 5 nitrogen and oxygen atoms in total. The minimum atomic E-state index is -0.337. The van der Waals surface area contributed by atoms with Crippen molar-refractivity contribution in [3.8, 4) is 22.5 Å². The van der Waals surface area contributed by atoms with E-state index < -0.39 is 0 Å². The summed E-state index contributed by atoms with van der Waals surface area (Å²) in [6, 6.07) is 24.7. The Morgan fingerprint density at radius 2 is 1.56 bits per heavy atom. The van der Waals surface area contributed by atoms with Gasteiger partial charge in [-0.2, -0.15) is 0 Å².